The monoisotopic (exact) mass is 696 g/mol. The van der Waals surface area contributed by atoms with Crippen LogP contribution in [0.2, 0.25) is 0 Å². The minimum absolute atomic E-state index is 0.0393. The molecule has 1 aromatic heterocycles. The van der Waals surface area contributed by atoms with Crippen molar-refractivity contribution in [2.24, 2.45) is 11.2 Å². The van der Waals surface area contributed by atoms with Crippen molar-refractivity contribution in [2.75, 3.05) is 13.1 Å². The van der Waals surface area contributed by atoms with Gasteiger partial charge in [0.1, 0.15) is 5.60 Å². The fourth-order valence-electron chi connectivity index (χ4n) is 4.58. The van der Waals surface area contributed by atoms with E-state index in [4.69, 9.17) is 14.3 Å². The van der Waals surface area contributed by atoms with Crippen molar-refractivity contribution in [3.63, 3.8) is 0 Å². The van der Waals surface area contributed by atoms with Crippen LogP contribution in [-0.4, -0.2) is 65.2 Å². The van der Waals surface area contributed by atoms with Gasteiger partial charge >= 0.3 is 12.3 Å². The fraction of sp³-hybridized carbons (Fsp3) is 0.433. The molecule has 0 aliphatic carbocycles. The average Bonchev–Trinajstić information content (AvgIpc) is 3.46. The summed E-state index contributed by atoms with van der Waals surface area (Å²) in [5.41, 5.74) is -0.203. The number of aryl methyl sites for hydroxylation is 1. The van der Waals surface area contributed by atoms with Gasteiger partial charge in [0.05, 0.1) is 34.3 Å². The Hall–Kier alpha value is -4.87. The van der Waals surface area contributed by atoms with Gasteiger partial charge in [-0.25, -0.2) is 22.6 Å². The van der Waals surface area contributed by atoms with Crippen molar-refractivity contribution in [3.05, 3.63) is 71.1 Å². The molecule has 1 unspecified atom stereocenters. The second-order valence-electron chi connectivity index (χ2n) is 12.0. The molecule has 1 aliphatic rings. The molecule has 3 aromatic rings. The van der Waals surface area contributed by atoms with E-state index < -0.39 is 51.8 Å². The number of benzene rings is 2. The van der Waals surface area contributed by atoms with E-state index in [-0.39, 0.29) is 47.2 Å². The van der Waals surface area contributed by atoms with Crippen LogP contribution >= 0.6 is 0 Å². The molecule has 1 aliphatic heterocycles. The van der Waals surface area contributed by atoms with Gasteiger partial charge in [-0.3, -0.25) is 9.63 Å². The molecule has 18 heteroatoms. The van der Waals surface area contributed by atoms with E-state index >= 15 is 0 Å². The predicted molar refractivity (Wildman–Crippen MR) is 162 cm³/mol. The number of alkyl halides is 3. The van der Waals surface area contributed by atoms with Crippen molar-refractivity contribution in [3.8, 4) is 16.9 Å². The maximum absolute atomic E-state index is 13.5. The Balaban J connectivity index is 1.36. The van der Waals surface area contributed by atoms with Crippen molar-refractivity contribution in [1.82, 2.24) is 19.5 Å². The molecule has 260 valence electrons. The van der Waals surface area contributed by atoms with Gasteiger partial charge in [-0.05, 0) is 70.9 Å². The first kappa shape index (κ1) is 36.0. The first-order valence-electron chi connectivity index (χ1n) is 14.7. The maximum atomic E-state index is 13.5. The van der Waals surface area contributed by atoms with Crippen LogP contribution < -0.4 is 4.72 Å². The van der Waals surface area contributed by atoms with Crippen molar-refractivity contribution < 1.29 is 50.5 Å². The first-order valence-corrected chi connectivity index (χ1v) is 16.2. The molecule has 1 fully saturated rings. The molecule has 0 spiro atoms. The van der Waals surface area contributed by atoms with Crippen LogP contribution in [0.1, 0.15) is 51.8 Å². The molecule has 2 heterocycles. The number of carbonyl (C=O) groups is 2. The molecule has 1 amide bonds. The zero-order valence-electron chi connectivity index (χ0n) is 26.7. The van der Waals surface area contributed by atoms with Gasteiger partial charge in [-0.15, -0.1) is 5.01 Å². The number of sulfonamides is 1. The fourth-order valence-corrected chi connectivity index (χ4v) is 5.62. The lowest BCUT2D eigenvalue weighted by Gasteiger charge is -2.27. The summed E-state index contributed by atoms with van der Waals surface area (Å²) in [7, 11) is -4.35. The maximum Gasteiger partial charge on any atom is 0.511 e. The Labute approximate surface area is 274 Å². The summed E-state index contributed by atoms with van der Waals surface area (Å²) in [4.78, 5) is 29.3. The van der Waals surface area contributed by atoms with Crippen LogP contribution in [0.25, 0.3) is 16.9 Å². The minimum Gasteiger partial charge on any atom is -0.569 e. The van der Waals surface area contributed by atoms with Gasteiger partial charge in [-0.2, -0.15) is 18.3 Å². The topological polar surface area (TPSA) is 167 Å². The average molecular weight is 697 g/mol. The van der Waals surface area contributed by atoms with Crippen LogP contribution in [0.5, 0.6) is 0 Å². The molecular formula is C30H35F3N6O8S. The van der Waals surface area contributed by atoms with Gasteiger partial charge in [0, 0.05) is 18.4 Å². The van der Waals surface area contributed by atoms with Crippen LogP contribution in [0.4, 0.5) is 18.0 Å². The smallest absolute Gasteiger partial charge is 0.511 e. The molecule has 2 aromatic carbocycles. The Morgan fingerprint density at radius 2 is 1.67 bits per heavy atom. The largest absolute Gasteiger partial charge is 0.569 e. The van der Waals surface area contributed by atoms with E-state index in [1.54, 1.807) is 45.0 Å². The molecule has 1 N–H and O–H groups in total. The second kappa shape index (κ2) is 14.1. The molecule has 0 saturated carbocycles. The Kier molecular flexibility index (Phi) is 10.6. The highest BCUT2D eigenvalue weighted by atomic mass is 32.2. The molecule has 0 bridgehead atoms. The highest BCUT2D eigenvalue weighted by molar-refractivity contribution is 7.90. The normalized spacial score (nSPS) is 15.5. The third-order valence-electron chi connectivity index (χ3n) is 6.97. The van der Waals surface area contributed by atoms with Gasteiger partial charge < -0.3 is 14.7 Å². The summed E-state index contributed by atoms with van der Waals surface area (Å²) in [5.74, 6) is -1.53. The van der Waals surface area contributed by atoms with E-state index in [0.717, 1.165) is 28.4 Å². The van der Waals surface area contributed by atoms with Crippen molar-refractivity contribution in [2.45, 2.75) is 70.4 Å². The number of halogens is 3. The number of rotatable bonds is 9. The summed E-state index contributed by atoms with van der Waals surface area (Å²) in [5, 5.41) is 20.6. The molecule has 1 saturated heterocycles. The van der Waals surface area contributed by atoms with Gasteiger partial charge in [-0.1, -0.05) is 29.8 Å². The zero-order chi connectivity index (χ0) is 35.4. The summed E-state index contributed by atoms with van der Waals surface area (Å²) >= 11 is 0. The molecule has 14 nitrogen and oxygen atoms in total. The SMILES string of the molecule is Cc1ccc(-c2cc(C(F)(F)F)nn2-c2ccc(S(=O)(=O)NC(=O)C3CCN([N+]([O-])=NOC(C)OC(=O)OC(C)(C)C)CC3)cc2)cc1. The zero-order valence-corrected chi connectivity index (χ0v) is 27.5. The van der Waals surface area contributed by atoms with E-state index in [1.165, 1.54) is 24.1 Å². The summed E-state index contributed by atoms with van der Waals surface area (Å²) in [6, 6.07) is 12.6. The van der Waals surface area contributed by atoms with Crippen LogP contribution in [0.15, 0.2) is 64.8 Å². The lowest BCUT2D eigenvalue weighted by Crippen LogP contribution is -2.44. The number of amides is 1. The number of hydrogen-bond acceptors (Lipinski definition) is 10. The second-order valence-corrected chi connectivity index (χ2v) is 13.7. The Morgan fingerprint density at radius 1 is 1.06 bits per heavy atom. The number of nitrogens with one attached hydrogen (secondary N) is 1. The Morgan fingerprint density at radius 3 is 2.23 bits per heavy atom. The summed E-state index contributed by atoms with van der Waals surface area (Å²) in [6.45, 7) is 8.18. The standard InChI is InChI=1S/C30H35F3N6O8S/c1-19-6-8-21(9-7-19)25-18-26(30(31,32)33)34-38(25)23-10-12-24(13-11-23)48(43,44)35-27(40)22-14-16-37(17-15-22)39(42)36-47-20(2)45-28(41)46-29(3,4)5/h6-13,18,20,22H,14-17H2,1-5H3,(H,35,40). The number of carbonyl (C=O) groups excluding carboxylic acids is 2. The highest BCUT2D eigenvalue weighted by Crippen LogP contribution is 2.33. The third-order valence-corrected chi connectivity index (χ3v) is 8.34. The van der Waals surface area contributed by atoms with E-state index in [9.17, 15) is 36.4 Å². The highest BCUT2D eigenvalue weighted by Gasteiger charge is 2.36. The summed E-state index contributed by atoms with van der Waals surface area (Å²) < 4.78 is 79.6. The number of aromatic nitrogens is 2. The summed E-state index contributed by atoms with van der Waals surface area (Å²) in [6.07, 6.45) is -6.72. The quantitative estimate of drug-likeness (QED) is 0.0993. The lowest BCUT2D eigenvalue weighted by atomic mass is 9.97. The lowest BCUT2D eigenvalue weighted by molar-refractivity contribution is -0.715. The van der Waals surface area contributed by atoms with Gasteiger partial charge in [0.2, 0.25) is 11.2 Å². The first-order chi connectivity index (χ1) is 22.3. The third kappa shape index (κ3) is 9.36. The van der Waals surface area contributed by atoms with Crippen molar-refractivity contribution in [1.29, 1.82) is 0 Å². The van der Waals surface area contributed by atoms with E-state index in [2.05, 4.69) is 10.4 Å². The molecule has 4 rings (SSSR count). The van der Waals surface area contributed by atoms with Gasteiger partial charge in [0.15, 0.2) is 5.69 Å². The van der Waals surface area contributed by atoms with Crippen LogP contribution in [-0.2, 0) is 35.3 Å². The molecular weight excluding hydrogens is 661 g/mol. The van der Waals surface area contributed by atoms with Crippen LogP contribution in [0.3, 0.4) is 0 Å². The van der Waals surface area contributed by atoms with E-state index in [0.29, 0.717) is 5.56 Å². The van der Waals surface area contributed by atoms with Crippen LogP contribution in [0, 0.1) is 18.0 Å². The number of piperidine rings is 1. The molecule has 48 heavy (non-hydrogen) atoms. The van der Waals surface area contributed by atoms with Gasteiger partial charge in [0.25, 0.3) is 16.3 Å². The minimum atomic E-state index is -4.71. The molecule has 0 radical (unpaired) electrons. The predicted octanol–water partition coefficient (Wildman–Crippen LogP) is 5.49. The number of ether oxygens (including phenoxy) is 2. The Bertz CT molecular complexity index is 1750. The number of nitrogens with zero attached hydrogens (tertiary/aromatic N) is 5. The molecule has 1 atom stereocenters. The van der Waals surface area contributed by atoms with E-state index in [1.807, 2.05) is 11.6 Å². The van der Waals surface area contributed by atoms with Crippen molar-refractivity contribution >= 4 is 22.1 Å². The number of hydrogen-bond donors (Lipinski definition) is 1. The number of hydrazine groups is 1.